The van der Waals surface area contributed by atoms with Gasteiger partial charge in [0.15, 0.2) is 4.77 Å². The number of amides is 1. The van der Waals surface area contributed by atoms with Crippen LogP contribution < -0.4 is 0 Å². The SMILES string of the molecule is CCCc1n[nH]c(=S)n1CC(=O)N(C)C1CCC(C)CC1. The van der Waals surface area contributed by atoms with E-state index in [0.29, 0.717) is 17.4 Å². The average Bonchev–Trinajstić information content (AvgIpc) is 2.81. The predicted octanol–water partition coefficient (Wildman–Crippen LogP) is 2.93. The Bertz CT molecular complexity index is 528. The summed E-state index contributed by atoms with van der Waals surface area (Å²) in [5.74, 6) is 1.80. The molecular formula is C15H26N4OS. The Morgan fingerprint density at radius 2 is 2.10 bits per heavy atom. The van der Waals surface area contributed by atoms with Crippen molar-refractivity contribution in [3.05, 3.63) is 10.6 Å². The van der Waals surface area contributed by atoms with Crippen molar-refractivity contribution in [1.82, 2.24) is 19.7 Å². The largest absolute Gasteiger partial charge is 0.341 e. The van der Waals surface area contributed by atoms with Crippen molar-refractivity contribution in [3.63, 3.8) is 0 Å². The number of hydrogen-bond acceptors (Lipinski definition) is 3. The first kappa shape index (κ1) is 16.2. The lowest BCUT2D eigenvalue weighted by molar-refractivity contribution is -0.133. The van der Waals surface area contributed by atoms with Gasteiger partial charge in [0.1, 0.15) is 12.4 Å². The standard InChI is InChI=1S/C15H26N4OS/c1-4-5-13-16-17-15(21)19(13)10-14(20)18(3)12-8-6-11(2)7-9-12/h11-12H,4-10H2,1-3H3,(H,17,21). The number of nitrogens with one attached hydrogen (secondary N) is 1. The van der Waals surface area contributed by atoms with Crippen LogP contribution in [0.25, 0.3) is 0 Å². The molecule has 118 valence electrons. The zero-order valence-electron chi connectivity index (χ0n) is 13.3. The molecule has 1 fully saturated rings. The van der Waals surface area contributed by atoms with Crippen molar-refractivity contribution in [2.75, 3.05) is 7.05 Å². The predicted molar refractivity (Wildman–Crippen MR) is 85.6 cm³/mol. The third kappa shape index (κ3) is 3.93. The number of aromatic amines is 1. The Hall–Kier alpha value is -1.17. The fourth-order valence-electron chi connectivity index (χ4n) is 3.01. The molecule has 6 heteroatoms. The minimum atomic E-state index is 0.129. The summed E-state index contributed by atoms with van der Waals surface area (Å²) in [7, 11) is 1.92. The summed E-state index contributed by atoms with van der Waals surface area (Å²) in [4.78, 5) is 14.4. The van der Waals surface area contributed by atoms with Crippen molar-refractivity contribution < 1.29 is 4.79 Å². The maximum atomic E-state index is 12.5. The molecule has 1 aliphatic carbocycles. The Balaban J connectivity index is 2.01. The summed E-state index contributed by atoms with van der Waals surface area (Å²) in [6, 6.07) is 0.379. The molecule has 1 aromatic rings. The highest BCUT2D eigenvalue weighted by molar-refractivity contribution is 7.71. The molecular weight excluding hydrogens is 284 g/mol. The van der Waals surface area contributed by atoms with E-state index in [4.69, 9.17) is 12.2 Å². The van der Waals surface area contributed by atoms with Crippen LogP contribution in [0, 0.1) is 10.7 Å². The molecule has 21 heavy (non-hydrogen) atoms. The molecule has 0 aromatic carbocycles. The second kappa shape index (κ2) is 7.20. The Kier molecular flexibility index (Phi) is 5.56. The normalized spacial score (nSPS) is 22.2. The number of aryl methyl sites for hydroxylation is 1. The van der Waals surface area contributed by atoms with Crippen molar-refractivity contribution in [2.24, 2.45) is 5.92 Å². The summed E-state index contributed by atoms with van der Waals surface area (Å²) in [5, 5.41) is 7.01. The smallest absolute Gasteiger partial charge is 0.242 e. The van der Waals surface area contributed by atoms with Gasteiger partial charge in [0.25, 0.3) is 0 Å². The lowest BCUT2D eigenvalue weighted by atomic mass is 9.87. The molecule has 1 amide bonds. The van der Waals surface area contributed by atoms with Gasteiger partial charge in [-0.1, -0.05) is 13.8 Å². The third-order valence-corrected chi connectivity index (χ3v) is 4.84. The molecule has 1 N–H and O–H groups in total. The molecule has 0 radical (unpaired) electrons. The van der Waals surface area contributed by atoms with E-state index in [0.717, 1.165) is 37.4 Å². The first-order chi connectivity index (χ1) is 10.0. The number of carbonyl (C=O) groups excluding carboxylic acids is 1. The van der Waals surface area contributed by atoms with Crippen LogP contribution in [0.15, 0.2) is 0 Å². The van der Waals surface area contributed by atoms with Gasteiger partial charge in [-0.15, -0.1) is 0 Å². The summed E-state index contributed by atoms with van der Waals surface area (Å²) < 4.78 is 2.38. The first-order valence-corrected chi connectivity index (χ1v) is 8.33. The van der Waals surface area contributed by atoms with Gasteiger partial charge in [0.05, 0.1) is 0 Å². The molecule has 0 spiro atoms. The fourth-order valence-corrected chi connectivity index (χ4v) is 3.22. The molecule has 0 saturated heterocycles. The second-order valence-corrected chi connectivity index (χ2v) is 6.59. The summed E-state index contributed by atoms with van der Waals surface area (Å²) in [5.41, 5.74) is 0. The zero-order valence-corrected chi connectivity index (χ0v) is 14.1. The van der Waals surface area contributed by atoms with Crippen LogP contribution in [0.1, 0.15) is 51.8 Å². The molecule has 1 aromatic heterocycles. The lowest BCUT2D eigenvalue weighted by Gasteiger charge is -2.33. The van der Waals surface area contributed by atoms with Crippen LogP contribution in [0.2, 0.25) is 0 Å². The first-order valence-electron chi connectivity index (χ1n) is 7.92. The van der Waals surface area contributed by atoms with Crippen molar-refractivity contribution in [2.45, 2.75) is 65.0 Å². The molecule has 2 rings (SSSR count). The van der Waals surface area contributed by atoms with Crippen LogP contribution in [0.4, 0.5) is 0 Å². The Morgan fingerprint density at radius 3 is 2.71 bits per heavy atom. The van der Waals surface area contributed by atoms with Crippen LogP contribution >= 0.6 is 12.2 Å². The highest BCUT2D eigenvalue weighted by Crippen LogP contribution is 2.26. The van der Waals surface area contributed by atoms with E-state index in [2.05, 4.69) is 24.0 Å². The van der Waals surface area contributed by atoms with Gasteiger partial charge < -0.3 is 4.90 Å². The molecule has 1 heterocycles. The highest BCUT2D eigenvalue weighted by atomic mass is 32.1. The minimum absolute atomic E-state index is 0.129. The molecule has 1 aliphatic rings. The van der Waals surface area contributed by atoms with E-state index in [1.165, 1.54) is 12.8 Å². The maximum Gasteiger partial charge on any atom is 0.242 e. The average molecular weight is 310 g/mol. The van der Waals surface area contributed by atoms with Gasteiger partial charge in [-0.25, -0.2) is 0 Å². The summed E-state index contributed by atoms with van der Waals surface area (Å²) in [6.45, 7) is 4.69. The fraction of sp³-hybridized carbons (Fsp3) is 0.800. The molecule has 5 nitrogen and oxygen atoms in total. The van der Waals surface area contributed by atoms with Crippen molar-refractivity contribution in [3.8, 4) is 0 Å². The van der Waals surface area contributed by atoms with E-state index >= 15 is 0 Å². The molecule has 1 saturated carbocycles. The Labute approximate surface area is 131 Å². The van der Waals surface area contributed by atoms with Gasteiger partial charge in [-0.3, -0.25) is 14.5 Å². The van der Waals surface area contributed by atoms with E-state index in [-0.39, 0.29) is 5.91 Å². The van der Waals surface area contributed by atoms with Gasteiger partial charge in [0.2, 0.25) is 5.91 Å². The monoisotopic (exact) mass is 310 g/mol. The molecule has 0 atom stereocenters. The van der Waals surface area contributed by atoms with E-state index in [1.54, 1.807) is 0 Å². The number of H-pyrrole nitrogens is 1. The van der Waals surface area contributed by atoms with Crippen LogP contribution in [0.3, 0.4) is 0 Å². The van der Waals surface area contributed by atoms with Crippen LogP contribution in [0.5, 0.6) is 0 Å². The topological polar surface area (TPSA) is 53.9 Å². The summed E-state index contributed by atoms with van der Waals surface area (Å²) >= 11 is 5.24. The lowest BCUT2D eigenvalue weighted by Crippen LogP contribution is -2.41. The van der Waals surface area contributed by atoms with Crippen LogP contribution in [-0.2, 0) is 17.8 Å². The maximum absolute atomic E-state index is 12.5. The highest BCUT2D eigenvalue weighted by Gasteiger charge is 2.25. The molecule has 0 bridgehead atoms. The quantitative estimate of drug-likeness (QED) is 0.851. The van der Waals surface area contributed by atoms with Crippen LogP contribution in [-0.4, -0.2) is 38.7 Å². The van der Waals surface area contributed by atoms with Gasteiger partial charge in [-0.2, -0.15) is 5.10 Å². The summed E-state index contributed by atoms with van der Waals surface area (Å²) in [6.07, 6.45) is 6.49. The Morgan fingerprint density at radius 1 is 1.43 bits per heavy atom. The van der Waals surface area contributed by atoms with Gasteiger partial charge in [-0.05, 0) is 50.2 Å². The van der Waals surface area contributed by atoms with E-state index in [9.17, 15) is 4.79 Å². The number of aromatic nitrogens is 3. The van der Waals surface area contributed by atoms with Crippen molar-refractivity contribution >= 4 is 18.1 Å². The number of likely N-dealkylation sites (N-methyl/N-ethyl adjacent to an activating group) is 1. The third-order valence-electron chi connectivity index (χ3n) is 4.53. The zero-order chi connectivity index (χ0) is 15.4. The van der Waals surface area contributed by atoms with E-state index < -0.39 is 0 Å². The van der Waals surface area contributed by atoms with E-state index in [1.807, 2.05) is 16.5 Å². The van der Waals surface area contributed by atoms with Gasteiger partial charge in [0, 0.05) is 19.5 Å². The number of nitrogens with zero attached hydrogens (tertiary/aromatic N) is 3. The number of hydrogen-bond donors (Lipinski definition) is 1. The molecule has 0 aliphatic heterocycles. The minimum Gasteiger partial charge on any atom is -0.341 e. The second-order valence-electron chi connectivity index (χ2n) is 6.20. The van der Waals surface area contributed by atoms with Gasteiger partial charge >= 0.3 is 0 Å². The number of rotatable bonds is 5. The number of carbonyl (C=O) groups is 1. The molecule has 0 unspecified atom stereocenters. The van der Waals surface area contributed by atoms with Crippen molar-refractivity contribution in [1.29, 1.82) is 0 Å².